The van der Waals surface area contributed by atoms with E-state index >= 15 is 0 Å². The van der Waals surface area contributed by atoms with E-state index < -0.39 is 11.0 Å². The Morgan fingerprint density at radius 3 is 2.76 bits per heavy atom. The number of aryl methyl sites for hydroxylation is 1. The molecular formula is C19H24N6O4. The van der Waals surface area contributed by atoms with Crippen molar-refractivity contribution in [3.63, 3.8) is 0 Å². The predicted octanol–water partition coefficient (Wildman–Crippen LogP) is 2.98. The number of nitro groups is 1. The van der Waals surface area contributed by atoms with Crippen molar-refractivity contribution in [2.45, 2.75) is 25.9 Å². The highest BCUT2D eigenvalue weighted by atomic mass is 16.6. The number of non-ortho nitro benzene ring substituents is 1. The number of anilines is 3. The van der Waals surface area contributed by atoms with Crippen molar-refractivity contribution in [3.05, 3.63) is 46.3 Å². The zero-order valence-corrected chi connectivity index (χ0v) is 16.7. The number of urea groups is 1. The minimum absolute atomic E-state index is 0.0892. The van der Waals surface area contributed by atoms with E-state index in [9.17, 15) is 14.9 Å². The molecule has 2 heterocycles. The first-order valence-electron chi connectivity index (χ1n) is 9.29. The Morgan fingerprint density at radius 1 is 1.31 bits per heavy atom. The van der Waals surface area contributed by atoms with Gasteiger partial charge in [-0.05, 0) is 25.3 Å². The molecule has 154 valence electrons. The lowest BCUT2D eigenvalue weighted by Crippen LogP contribution is -2.33. The molecular weight excluding hydrogens is 376 g/mol. The molecule has 0 saturated carbocycles. The summed E-state index contributed by atoms with van der Waals surface area (Å²) in [5.74, 6) is 1.09. The second-order valence-corrected chi connectivity index (χ2v) is 7.00. The van der Waals surface area contributed by atoms with Gasteiger partial charge in [-0.1, -0.05) is 6.07 Å². The van der Waals surface area contributed by atoms with Crippen LogP contribution in [-0.2, 0) is 4.74 Å². The maximum Gasteiger partial charge on any atom is 0.327 e. The van der Waals surface area contributed by atoms with Crippen LogP contribution in [0.4, 0.5) is 27.8 Å². The molecule has 1 aromatic carbocycles. The molecule has 10 heteroatoms. The summed E-state index contributed by atoms with van der Waals surface area (Å²) in [4.78, 5) is 34.9. The van der Waals surface area contributed by atoms with E-state index in [1.807, 2.05) is 11.9 Å². The van der Waals surface area contributed by atoms with Gasteiger partial charge in [-0.3, -0.25) is 15.0 Å². The van der Waals surface area contributed by atoms with Crippen LogP contribution in [0.15, 0.2) is 30.6 Å². The first kappa shape index (κ1) is 20.5. The lowest BCUT2D eigenvalue weighted by Gasteiger charge is -2.23. The molecule has 1 N–H and O–H groups in total. The number of nitro benzene ring substituents is 1. The number of rotatable bonds is 6. The average molecular weight is 400 g/mol. The van der Waals surface area contributed by atoms with E-state index in [1.165, 1.54) is 23.4 Å². The zero-order chi connectivity index (χ0) is 21.0. The van der Waals surface area contributed by atoms with Crippen molar-refractivity contribution >= 4 is 29.0 Å². The van der Waals surface area contributed by atoms with Gasteiger partial charge in [-0.2, -0.15) is 0 Å². The first-order valence-corrected chi connectivity index (χ1v) is 9.29. The van der Waals surface area contributed by atoms with E-state index in [0.717, 1.165) is 25.0 Å². The van der Waals surface area contributed by atoms with Crippen molar-refractivity contribution in [2.24, 2.45) is 0 Å². The molecule has 1 aromatic heterocycles. The molecule has 1 unspecified atom stereocenters. The van der Waals surface area contributed by atoms with Crippen LogP contribution < -0.4 is 15.1 Å². The number of likely N-dealkylation sites (N-methyl/N-ethyl adjacent to an activating group) is 1. The predicted molar refractivity (Wildman–Crippen MR) is 110 cm³/mol. The summed E-state index contributed by atoms with van der Waals surface area (Å²) in [6.07, 6.45) is 3.66. The molecule has 1 atom stereocenters. The Hall–Kier alpha value is -3.27. The van der Waals surface area contributed by atoms with Crippen LogP contribution in [-0.4, -0.2) is 54.3 Å². The summed E-state index contributed by atoms with van der Waals surface area (Å²) < 4.78 is 5.66. The number of hydrogen-bond donors (Lipinski definition) is 1. The summed E-state index contributed by atoms with van der Waals surface area (Å²) in [7, 11) is 3.49. The summed E-state index contributed by atoms with van der Waals surface area (Å²) in [5, 5.41) is 13.7. The average Bonchev–Trinajstić information content (AvgIpc) is 3.22. The number of carbonyl (C=O) groups excluding carboxylic acids is 1. The summed E-state index contributed by atoms with van der Waals surface area (Å²) in [6, 6.07) is 5.59. The van der Waals surface area contributed by atoms with Gasteiger partial charge in [-0.15, -0.1) is 0 Å². The van der Waals surface area contributed by atoms with Crippen LogP contribution >= 0.6 is 0 Å². The lowest BCUT2D eigenvalue weighted by atomic mass is 10.2. The van der Waals surface area contributed by atoms with Crippen LogP contribution in [0.1, 0.15) is 18.4 Å². The van der Waals surface area contributed by atoms with Crippen molar-refractivity contribution in [1.82, 2.24) is 9.97 Å². The zero-order valence-electron chi connectivity index (χ0n) is 16.7. The van der Waals surface area contributed by atoms with Gasteiger partial charge in [0.2, 0.25) is 0 Å². The van der Waals surface area contributed by atoms with Crippen molar-refractivity contribution in [3.8, 4) is 0 Å². The van der Waals surface area contributed by atoms with Crippen molar-refractivity contribution in [2.75, 3.05) is 42.4 Å². The van der Waals surface area contributed by atoms with Crippen LogP contribution in [0.5, 0.6) is 0 Å². The second kappa shape index (κ2) is 8.82. The van der Waals surface area contributed by atoms with E-state index in [2.05, 4.69) is 15.3 Å². The summed E-state index contributed by atoms with van der Waals surface area (Å²) >= 11 is 0. The van der Waals surface area contributed by atoms with Gasteiger partial charge in [0.15, 0.2) is 0 Å². The third-order valence-electron chi connectivity index (χ3n) is 4.85. The Labute approximate surface area is 168 Å². The molecule has 10 nitrogen and oxygen atoms in total. The molecule has 1 fully saturated rings. The Kier molecular flexibility index (Phi) is 6.23. The molecule has 0 radical (unpaired) electrons. The smallest absolute Gasteiger partial charge is 0.327 e. The topological polar surface area (TPSA) is 114 Å². The Morgan fingerprint density at radius 2 is 2.07 bits per heavy atom. The Balaban J connectivity index is 1.71. The van der Waals surface area contributed by atoms with Crippen LogP contribution in [0, 0.1) is 17.0 Å². The minimum atomic E-state index is -0.501. The third kappa shape index (κ3) is 4.96. The second-order valence-electron chi connectivity index (χ2n) is 7.00. The molecule has 1 saturated heterocycles. The fourth-order valence-corrected chi connectivity index (χ4v) is 3.08. The van der Waals surface area contributed by atoms with Crippen LogP contribution in [0.25, 0.3) is 0 Å². The van der Waals surface area contributed by atoms with E-state index in [-0.39, 0.29) is 11.8 Å². The van der Waals surface area contributed by atoms with Crippen LogP contribution in [0.2, 0.25) is 0 Å². The quantitative estimate of drug-likeness (QED) is 0.586. The van der Waals surface area contributed by atoms with Gasteiger partial charge < -0.3 is 15.0 Å². The highest BCUT2D eigenvalue weighted by Crippen LogP contribution is 2.23. The standard InChI is InChI=1S/C19H24N6O4/c1-13-6-7-14(25(27)28)9-16(13)22-19(26)24(3)18-10-17(20-12-21-18)23(2)11-15-5-4-8-29-15/h6-7,9-10,12,15H,4-5,8,11H2,1-3H3,(H,22,26). The van der Waals surface area contributed by atoms with Gasteiger partial charge in [0.1, 0.15) is 18.0 Å². The number of carbonyl (C=O) groups is 1. The number of amides is 2. The number of nitrogens with one attached hydrogen (secondary N) is 1. The molecule has 3 rings (SSSR count). The van der Waals surface area contributed by atoms with E-state index in [1.54, 1.807) is 26.1 Å². The fraction of sp³-hybridized carbons (Fsp3) is 0.421. The number of aromatic nitrogens is 2. The highest BCUT2D eigenvalue weighted by Gasteiger charge is 2.20. The third-order valence-corrected chi connectivity index (χ3v) is 4.85. The van der Waals surface area contributed by atoms with Gasteiger partial charge in [0, 0.05) is 45.4 Å². The highest BCUT2D eigenvalue weighted by molar-refractivity contribution is 6.01. The first-order chi connectivity index (χ1) is 13.8. The summed E-state index contributed by atoms with van der Waals surface area (Å²) in [5.41, 5.74) is 1.01. The maximum atomic E-state index is 12.7. The Bertz CT molecular complexity index is 900. The molecule has 29 heavy (non-hydrogen) atoms. The van der Waals surface area contributed by atoms with Crippen molar-refractivity contribution in [1.29, 1.82) is 0 Å². The van der Waals surface area contributed by atoms with Gasteiger partial charge in [0.25, 0.3) is 5.69 Å². The molecule has 0 spiro atoms. The normalized spacial score (nSPS) is 15.8. The van der Waals surface area contributed by atoms with E-state index in [4.69, 9.17) is 4.74 Å². The summed E-state index contributed by atoms with van der Waals surface area (Å²) in [6.45, 7) is 3.26. The fourth-order valence-electron chi connectivity index (χ4n) is 3.08. The molecule has 1 aliphatic heterocycles. The molecule has 2 amide bonds. The number of benzene rings is 1. The molecule has 0 aliphatic carbocycles. The van der Waals surface area contributed by atoms with E-state index in [0.29, 0.717) is 23.9 Å². The molecule has 2 aromatic rings. The van der Waals surface area contributed by atoms with Crippen LogP contribution in [0.3, 0.4) is 0 Å². The number of hydrogen-bond acceptors (Lipinski definition) is 7. The maximum absolute atomic E-state index is 12.7. The molecule has 1 aliphatic rings. The number of nitrogens with zero attached hydrogens (tertiary/aromatic N) is 5. The molecule has 0 bridgehead atoms. The van der Waals surface area contributed by atoms with Gasteiger partial charge in [-0.25, -0.2) is 14.8 Å². The lowest BCUT2D eigenvalue weighted by molar-refractivity contribution is -0.384. The largest absolute Gasteiger partial charge is 0.376 e. The number of ether oxygens (including phenoxy) is 1. The van der Waals surface area contributed by atoms with Crippen molar-refractivity contribution < 1.29 is 14.5 Å². The van der Waals surface area contributed by atoms with Gasteiger partial charge >= 0.3 is 6.03 Å². The van der Waals surface area contributed by atoms with Gasteiger partial charge in [0.05, 0.1) is 16.7 Å². The SMILES string of the molecule is Cc1ccc([N+](=O)[O-])cc1NC(=O)N(C)c1cc(N(C)CC2CCCO2)ncn1. The monoisotopic (exact) mass is 400 g/mol. The minimum Gasteiger partial charge on any atom is -0.376 e.